The van der Waals surface area contributed by atoms with Crippen molar-refractivity contribution in [2.75, 3.05) is 0 Å². The van der Waals surface area contributed by atoms with Crippen LogP contribution in [0.2, 0.25) is 0 Å². The van der Waals surface area contributed by atoms with Crippen LogP contribution in [0.1, 0.15) is 10.4 Å². The second-order valence-corrected chi connectivity index (χ2v) is 2.52. The van der Waals surface area contributed by atoms with E-state index in [-0.39, 0.29) is 0 Å². The standard InChI is InChI=1S/C9H6O3/c10-9(11)7-3-6-1-2-12-5-8(6)4-7/h1-5H,(H,10,11). The van der Waals surface area contributed by atoms with E-state index in [4.69, 9.17) is 9.52 Å². The fourth-order valence-electron chi connectivity index (χ4n) is 1.14. The van der Waals surface area contributed by atoms with Crippen LogP contribution in [0.15, 0.2) is 35.1 Å². The number of carbonyl (C=O) groups is 1. The molecule has 0 fully saturated rings. The van der Waals surface area contributed by atoms with Crippen molar-refractivity contribution >= 4 is 5.97 Å². The Labute approximate surface area is 68.6 Å². The Bertz CT molecular complexity index is 359. The highest BCUT2D eigenvalue weighted by Crippen LogP contribution is 2.25. The van der Waals surface area contributed by atoms with Gasteiger partial charge in [0.2, 0.25) is 0 Å². The van der Waals surface area contributed by atoms with Crippen LogP contribution >= 0.6 is 0 Å². The lowest BCUT2D eigenvalue weighted by Gasteiger charge is -1.91. The highest BCUT2D eigenvalue weighted by atomic mass is 16.4. The van der Waals surface area contributed by atoms with Gasteiger partial charge in [-0.25, -0.2) is 4.79 Å². The van der Waals surface area contributed by atoms with Crippen molar-refractivity contribution in [2.45, 2.75) is 0 Å². The van der Waals surface area contributed by atoms with Crippen LogP contribution in [-0.2, 0) is 0 Å². The van der Waals surface area contributed by atoms with Crippen molar-refractivity contribution in [1.29, 1.82) is 0 Å². The zero-order chi connectivity index (χ0) is 8.55. The monoisotopic (exact) mass is 162 g/mol. The minimum absolute atomic E-state index is 0.298. The highest BCUT2D eigenvalue weighted by molar-refractivity contribution is 5.92. The fourth-order valence-corrected chi connectivity index (χ4v) is 1.14. The molecule has 0 atom stereocenters. The molecule has 0 spiro atoms. The van der Waals surface area contributed by atoms with E-state index in [0.717, 1.165) is 11.1 Å². The SMILES string of the molecule is O=C(O)c1cc2ccocc-2c1. The molecule has 0 saturated heterocycles. The van der Waals surface area contributed by atoms with E-state index in [1.165, 1.54) is 12.5 Å². The number of carboxylic acid groups (broad SMARTS) is 1. The molecule has 3 nitrogen and oxygen atoms in total. The molecule has 0 radical (unpaired) electrons. The van der Waals surface area contributed by atoms with Crippen LogP contribution in [0.25, 0.3) is 11.1 Å². The van der Waals surface area contributed by atoms with Gasteiger partial charge < -0.3 is 9.52 Å². The molecule has 12 heavy (non-hydrogen) atoms. The van der Waals surface area contributed by atoms with Gasteiger partial charge in [-0.1, -0.05) is 0 Å². The van der Waals surface area contributed by atoms with Crippen LogP contribution in [-0.4, -0.2) is 11.1 Å². The molecule has 2 rings (SSSR count). The van der Waals surface area contributed by atoms with E-state index in [2.05, 4.69) is 0 Å². The Balaban J connectivity index is 2.63. The Morgan fingerprint density at radius 1 is 1.33 bits per heavy atom. The van der Waals surface area contributed by atoms with Crippen molar-refractivity contribution in [3.05, 3.63) is 36.3 Å². The summed E-state index contributed by atoms with van der Waals surface area (Å²) in [5.74, 6) is -0.911. The number of fused-ring (bicyclic) bond motifs is 1. The van der Waals surface area contributed by atoms with Crippen LogP contribution in [0.3, 0.4) is 0 Å². The lowest BCUT2D eigenvalue weighted by atomic mass is 10.2. The third kappa shape index (κ3) is 0.955. The number of carboxylic acids is 1. The smallest absolute Gasteiger partial charge is 0.335 e. The molecule has 3 heteroatoms. The molecule has 60 valence electrons. The first kappa shape index (κ1) is 6.91. The van der Waals surface area contributed by atoms with Crippen molar-refractivity contribution in [2.24, 2.45) is 0 Å². The molecule has 1 heterocycles. The lowest BCUT2D eigenvalue weighted by Crippen LogP contribution is -1.91. The summed E-state index contributed by atoms with van der Waals surface area (Å²) in [5.41, 5.74) is 2.00. The molecule has 1 aliphatic carbocycles. The maximum Gasteiger partial charge on any atom is 0.335 e. The maximum atomic E-state index is 10.5. The molecular formula is C9H6O3. The van der Waals surface area contributed by atoms with Gasteiger partial charge in [0, 0.05) is 5.56 Å². The van der Waals surface area contributed by atoms with Crippen LogP contribution in [0.4, 0.5) is 0 Å². The Morgan fingerprint density at radius 3 is 2.75 bits per heavy atom. The van der Waals surface area contributed by atoms with E-state index < -0.39 is 5.97 Å². The Morgan fingerprint density at radius 2 is 2.08 bits per heavy atom. The summed E-state index contributed by atoms with van der Waals surface area (Å²) in [6, 6.07) is 4.94. The summed E-state index contributed by atoms with van der Waals surface area (Å²) < 4.78 is 4.89. The lowest BCUT2D eigenvalue weighted by molar-refractivity contribution is 0.0697. The third-order valence-electron chi connectivity index (χ3n) is 1.72. The number of rotatable bonds is 1. The third-order valence-corrected chi connectivity index (χ3v) is 1.72. The molecule has 1 N–H and O–H groups in total. The van der Waals surface area contributed by atoms with E-state index in [9.17, 15) is 4.79 Å². The molecule has 1 aliphatic heterocycles. The predicted molar refractivity (Wildman–Crippen MR) is 42.3 cm³/mol. The van der Waals surface area contributed by atoms with Gasteiger partial charge in [-0.15, -0.1) is 0 Å². The minimum atomic E-state index is -0.911. The molecule has 0 aromatic carbocycles. The van der Waals surface area contributed by atoms with Crippen molar-refractivity contribution < 1.29 is 14.3 Å². The Kier molecular flexibility index (Phi) is 1.37. The normalized spacial score (nSPS) is 10.3. The largest absolute Gasteiger partial charge is 0.478 e. The van der Waals surface area contributed by atoms with E-state index in [1.54, 1.807) is 18.2 Å². The van der Waals surface area contributed by atoms with Crippen LogP contribution in [0, 0.1) is 0 Å². The first-order valence-corrected chi connectivity index (χ1v) is 3.46. The first-order valence-electron chi connectivity index (χ1n) is 3.46. The van der Waals surface area contributed by atoms with Crippen LogP contribution in [0.5, 0.6) is 0 Å². The molecule has 0 saturated carbocycles. The van der Waals surface area contributed by atoms with Gasteiger partial charge in [0.1, 0.15) is 0 Å². The summed E-state index contributed by atoms with van der Waals surface area (Å²) >= 11 is 0. The molecule has 0 amide bonds. The first-order chi connectivity index (χ1) is 5.77. The van der Waals surface area contributed by atoms with Gasteiger partial charge in [0.25, 0.3) is 0 Å². The minimum Gasteiger partial charge on any atom is -0.478 e. The van der Waals surface area contributed by atoms with Crippen LogP contribution < -0.4 is 0 Å². The molecule has 0 aromatic rings. The zero-order valence-electron chi connectivity index (χ0n) is 6.15. The average molecular weight is 162 g/mol. The van der Waals surface area contributed by atoms with Crippen molar-refractivity contribution in [3.63, 3.8) is 0 Å². The number of aromatic carboxylic acids is 1. The summed E-state index contributed by atoms with van der Waals surface area (Å²) in [6.07, 6.45) is 3.05. The molecule has 0 bridgehead atoms. The highest BCUT2D eigenvalue weighted by Gasteiger charge is 2.10. The predicted octanol–water partition coefficient (Wildman–Crippen LogP) is 2.08. The van der Waals surface area contributed by atoms with E-state index in [1.807, 2.05) is 0 Å². The number of hydrogen-bond donors (Lipinski definition) is 1. The molecular weight excluding hydrogens is 156 g/mol. The van der Waals surface area contributed by atoms with E-state index in [0.29, 0.717) is 5.56 Å². The molecule has 0 aromatic heterocycles. The Hall–Kier alpha value is -1.77. The maximum absolute atomic E-state index is 10.5. The topological polar surface area (TPSA) is 50.4 Å². The molecule has 2 aliphatic rings. The summed E-state index contributed by atoms with van der Waals surface area (Å²) in [4.78, 5) is 10.5. The second kappa shape index (κ2) is 2.37. The fraction of sp³-hybridized carbons (Fsp3) is 0. The van der Waals surface area contributed by atoms with Crippen molar-refractivity contribution in [1.82, 2.24) is 0 Å². The van der Waals surface area contributed by atoms with Gasteiger partial charge in [-0.2, -0.15) is 0 Å². The van der Waals surface area contributed by atoms with Gasteiger partial charge in [0.15, 0.2) is 0 Å². The zero-order valence-corrected chi connectivity index (χ0v) is 6.15. The molecule has 0 unspecified atom stereocenters. The van der Waals surface area contributed by atoms with Crippen molar-refractivity contribution in [3.8, 4) is 11.1 Å². The van der Waals surface area contributed by atoms with E-state index >= 15 is 0 Å². The van der Waals surface area contributed by atoms with Gasteiger partial charge in [-0.3, -0.25) is 0 Å². The van der Waals surface area contributed by atoms with Gasteiger partial charge >= 0.3 is 5.97 Å². The number of hydrogen-bond acceptors (Lipinski definition) is 2. The van der Waals surface area contributed by atoms with Gasteiger partial charge in [-0.05, 0) is 23.8 Å². The second-order valence-electron chi connectivity index (χ2n) is 2.52. The summed E-state index contributed by atoms with van der Waals surface area (Å²) in [5, 5.41) is 8.66. The summed E-state index contributed by atoms with van der Waals surface area (Å²) in [7, 11) is 0. The quantitative estimate of drug-likeness (QED) is 0.698. The average Bonchev–Trinajstić information content (AvgIpc) is 2.46. The van der Waals surface area contributed by atoms with Gasteiger partial charge in [0.05, 0.1) is 18.1 Å². The summed E-state index contributed by atoms with van der Waals surface area (Å²) in [6.45, 7) is 0.